The number of furan rings is 1. The van der Waals surface area contributed by atoms with Crippen LogP contribution in [0.25, 0.3) is 77.7 Å². The average Bonchev–Trinajstić information content (AvgIpc) is 3.64. The van der Waals surface area contributed by atoms with Crippen molar-refractivity contribution in [2.45, 2.75) is 0 Å². The van der Waals surface area contributed by atoms with Crippen LogP contribution in [0, 0.1) is 0 Å². The van der Waals surface area contributed by atoms with Crippen molar-refractivity contribution in [2.75, 3.05) is 4.90 Å². The summed E-state index contributed by atoms with van der Waals surface area (Å²) in [5, 5.41) is 2.07. The molecule has 0 radical (unpaired) electrons. The molecule has 2 aromatic heterocycles. The molecule has 0 aliphatic heterocycles. The van der Waals surface area contributed by atoms with E-state index in [0.29, 0.717) is 0 Å². The molecule has 0 aliphatic rings. The van der Waals surface area contributed by atoms with Crippen molar-refractivity contribution in [1.82, 2.24) is 9.97 Å². The zero-order valence-corrected chi connectivity index (χ0v) is 29.3. The van der Waals surface area contributed by atoms with E-state index in [-0.39, 0.29) is 0 Å². The third-order valence-corrected chi connectivity index (χ3v) is 10.1. The predicted molar refractivity (Wildman–Crippen MR) is 223 cm³/mol. The molecule has 10 aromatic rings. The Labute approximate surface area is 313 Å². The lowest BCUT2D eigenvalue weighted by Crippen LogP contribution is -2.09. The topological polar surface area (TPSA) is 42.2 Å². The highest BCUT2D eigenvalue weighted by Gasteiger charge is 2.22. The van der Waals surface area contributed by atoms with E-state index < -0.39 is 0 Å². The minimum Gasteiger partial charge on any atom is -0.456 e. The van der Waals surface area contributed by atoms with E-state index in [9.17, 15) is 0 Å². The molecule has 0 fully saturated rings. The van der Waals surface area contributed by atoms with Gasteiger partial charge in [-0.15, -0.1) is 0 Å². The Morgan fingerprint density at radius 3 is 1.46 bits per heavy atom. The Morgan fingerprint density at radius 2 is 0.815 bits per heavy atom. The van der Waals surface area contributed by atoms with Crippen LogP contribution in [-0.4, -0.2) is 9.97 Å². The fourth-order valence-electron chi connectivity index (χ4n) is 7.56. The zero-order chi connectivity index (χ0) is 35.8. The maximum Gasteiger partial charge on any atom is 0.136 e. The molecule has 0 amide bonds. The van der Waals surface area contributed by atoms with Crippen molar-refractivity contribution in [3.63, 3.8) is 0 Å². The van der Waals surface area contributed by atoms with Crippen molar-refractivity contribution in [3.05, 3.63) is 200 Å². The van der Waals surface area contributed by atoms with Crippen LogP contribution in [-0.2, 0) is 0 Å². The van der Waals surface area contributed by atoms with Gasteiger partial charge in [-0.25, -0.2) is 9.97 Å². The largest absolute Gasteiger partial charge is 0.456 e. The minimum atomic E-state index is 0.810. The molecular weight excluding hydrogens is 659 g/mol. The highest BCUT2D eigenvalue weighted by Crippen LogP contribution is 2.44. The number of aromatic nitrogens is 2. The van der Waals surface area contributed by atoms with Crippen LogP contribution >= 0.6 is 0 Å². The first-order chi connectivity index (χ1) is 26.8. The van der Waals surface area contributed by atoms with Gasteiger partial charge in [0.25, 0.3) is 0 Å². The van der Waals surface area contributed by atoms with Gasteiger partial charge in [0, 0.05) is 39.0 Å². The van der Waals surface area contributed by atoms with E-state index in [1.807, 2.05) is 48.5 Å². The highest BCUT2D eigenvalue weighted by molar-refractivity contribution is 6.18. The quantitative estimate of drug-likeness (QED) is 0.167. The predicted octanol–water partition coefficient (Wildman–Crippen LogP) is 13.7. The molecule has 0 atom stereocenters. The lowest BCUT2D eigenvalue weighted by atomic mass is 9.94. The fraction of sp³-hybridized carbons (Fsp3) is 0. The summed E-state index contributed by atoms with van der Waals surface area (Å²) in [5.74, 6) is 0. The first-order valence-electron chi connectivity index (χ1n) is 18.2. The molecule has 0 bridgehead atoms. The number of hydrogen-bond donors (Lipinski definition) is 0. The van der Waals surface area contributed by atoms with Crippen molar-refractivity contribution < 1.29 is 4.42 Å². The molecule has 8 aromatic carbocycles. The highest BCUT2D eigenvalue weighted by atomic mass is 16.3. The van der Waals surface area contributed by atoms with Crippen LogP contribution in [0.5, 0.6) is 0 Å². The second kappa shape index (κ2) is 13.4. The lowest BCUT2D eigenvalue weighted by molar-refractivity contribution is 0.669. The Bertz CT molecular complexity index is 2880. The first kappa shape index (κ1) is 31.4. The van der Waals surface area contributed by atoms with E-state index in [1.54, 1.807) is 0 Å². The number of benzene rings is 8. The van der Waals surface area contributed by atoms with Gasteiger partial charge in [0.1, 0.15) is 11.2 Å². The van der Waals surface area contributed by atoms with Crippen LogP contribution in [0.3, 0.4) is 0 Å². The number of hydrogen-bond acceptors (Lipinski definition) is 4. The number of fused-ring (bicyclic) bond motifs is 4. The summed E-state index contributed by atoms with van der Waals surface area (Å²) < 4.78 is 6.61. The minimum absolute atomic E-state index is 0.810. The maximum atomic E-state index is 6.61. The molecule has 0 spiro atoms. The SMILES string of the molecule is c1ccc(-c2cccc(-c3nc4ccccc4nc3-c3cccc4oc5cccc(-c6ccc(N(c7ccccc7)c7ccccc7)cc6)c5c34)c2)cc1. The summed E-state index contributed by atoms with van der Waals surface area (Å²) in [6.45, 7) is 0. The van der Waals surface area contributed by atoms with Gasteiger partial charge < -0.3 is 9.32 Å². The molecule has 0 aliphatic carbocycles. The van der Waals surface area contributed by atoms with Gasteiger partial charge in [0.05, 0.1) is 22.4 Å². The molecule has 0 saturated heterocycles. The first-order valence-corrected chi connectivity index (χ1v) is 18.2. The molecule has 2 heterocycles. The molecule has 0 saturated carbocycles. The van der Waals surface area contributed by atoms with Crippen LogP contribution in [0.4, 0.5) is 17.1 Å². The lowest BCUT2D eigenvalue weighted by Gasteiger charge is -2.25. The Balaban J connectivity index is 1.15. The summed E-state index contributed by atoms with van der Waals surface area (Å²) in [5.41, 5.74) is 14.7. The molecular formula is C50H33N3O. The maximum absolute atomic E-state index is 6.61. The third kappa shape index (κ3) is 5.58. The average molecular weight is 692 g/mol. The summed E-state index contributed by atoms with van der Waals surface area (Å²) in [4.78, 5) is 12.9. The second-order valence-corrected chi connectivity index (χ2v) is 13.4. The number of anilines is 3. The molecule has 0 unspecified atom stereocenters. The van der Waals surface area contributed by atoms with Crippen molar-refractivity contribution in [2.24, 2.45) is 0 Å². The molecule has 254 valence electrons. The van der Waals surface area contributed by atoms with Gasteiger partial charge in [0.2, 0.25) is 0 Å². The third-order valence-electron chi connectivity index (χ3n) is 10.1. The molecule has 0 N–H and O–H groups in total. The van der Waals surface area contributed by atoms with E-state index in [1.165, 1.54) is 0 Å². The van der Waals surface area contributed by atoms with Crippen molar-refractivity contribution in [1.29, 1.82) is 0 Å². The summed E-state index contributed by atoms with van der Waals surface area (Å²) >= 11 is 0. The smallest absolute Gasteiger partial charge is 0.136 e. The molecule has 4 nitrogen and oxygen atoms in total. The number of nitrogens with zero attached hydrogens (tertiary/aromatic N) is 3. The van der Waals surface area contributed by atoms with Crippen LogP contribution in [0.1, 0.15) is 0 Å². The fourth-order valence-corrected chi connectivity index (χ4v) is 7.56. The number of para-hydroxylation sites is 4. The van der Waals surface area contributed by atoms with Gasteiger partial charge >= 0.3 is 0 Å². The normalized spacial score (nSPS) is 11.3. The van der Waals surface area contributed by atoms with Crippen molar-refractivity contribution >= 4 is 50.0 Å². The van der Waals surface area contributed by atoms with Gasteiger partial charge in [-0.1, -0.05) is 133 Å². The van der Waals surface area contributed by atoms with Gasteiger partial charge in [-0.2, -0.15) is 0 Å². The monoisotopic (exact) mass is 691 g/mol. The zero-order valence-electron chi connectivity index (χ0n) is 29.3. The van der Waals surface area contributed by atoms with Crippen molar-refractivity contribution in [3.8, 4) is 44.8 Å². The van der Waals surface area contributed by atoms with Gasteiger partial charge in [0.15, 0.2) is 0 Å². The van der Waals surface area contributed by atoms with E-state index >= 15 is 0 Å². The summed E-state index contributed by atoms with van der Waals surface area (Å²) in [6.07, 6.45) is 0. The Morgan fingerprint density at radius 1 is 0.333 bits per heavy atom. The summed E-state index contributed by atoms with van der Waals surface area (Å²) in [6, 6.07) is 69.5. The Hall–Kier alpha value is -7.30. The van der Waals surface area contributed by atoms with E-state index in [2.05, 4.69) is 157 Å². The second-order valence-electron chi connectivity index (χ2n) is 13.4. The molecule has 4 heteroatoms. The summed E-state index contributed by atoms with van der Waals surface area (Å²) in [7, 11) is 0. The van der Waals surface area contributed by atoms with Gasteiger partial charge in [-0.3, -0.25) is 0 Å². The van der Waals surface area contributed by atoms with E-state index in [4.69, 9.17) is 14.4 Å². The standard InChI is InChI=1S/C50H33N3O/c1-4-15-34(16-5-1)36-17-12-18-37(33-36)49-50(52-44-26-11-10-25-43(44)51-49)42-24-14-28-46-48(42)47-41(23-13-27-45(47)54-46)35-29-31-40(32-30-35)53(38-19-6-2-7-20-38)39-21-8-3-9-22-39/h1-33H. The van der Waals surface area contributed by atoms with E-state index in [0.717, 1.165) is 94.8 Å². The van der Waals surface area contributed by atoms with Crippen LogP contribution in [0.2, 0.25) is 0 Å². The van der Waals surface area contributed by atoms with Gasteiger partial charge in [-0.05, 0) is 89.0 Å². The Kier molecular flexibility index (Phi) is 7.77. The molecule has 10 rings (SSSR count). The van der Waals surface area contributed by atoms with Crippen LogP contribution in [0.15, 0.2) is 205 Å². The number of rotatable bonds is 7. The van der Waals surface area contributed by atoms with Crippen LogP contribution < -0.4 is 4.90 Å². The molecule has 54 heavy (non-hydrogen) atoms.